The summed E-state index contributed by atoms with van der Waals surface area (Å²) in [6, 6.07) is 1.45. The Hall–Kier alpha value is -0.770. The number of rotatable bonds is 5. The van der Waals surface area contributed by atoms with Crippen molar-refractivity contribution in [2.75, 3.05) is 27.2 Å². The standard InChI is InChI=1S/C14H28N4/c1-11-10-13(11)17-14(15-2)16-8-9-18(3)12-6-4-5-7-12/h11-13H,4-10H2,1-3H3,(H2,15,16,17). The van der Waals surface area contributed by atoms with Crippen LogP contribution < -0.4 is 10.6 Å². The van der Waals surface area contributed by atoms with Crippen LogP contribution in [-0.2, 0) is 0 Å². The third-order valence-electron chi connectivity index (χ3n) is 4.36. The van der Waals surface area contributed by atoms with Crippen LogP contribution in [0.15, 0.2) is 4.99 Å². The summed E-state index contributed by atoms with van der Waals surface area (Å²) in [7, 11) is 4.10. The molecule has 0 aromatic rings. The Labute approximate surface area is 111 Å². The number of nitrogens with one attached hydrogen (secondary N) is 2. The summed E-state index contributed by atoms with van der Waals surface area (Å²) in [5.74, 6) is 1.77. The molecule has 0 saturated heterocycles. The quantitative estimate of drug-likeness (QED) is 0.574. The molecule has 2 rings (SSSR count). The third kappa shape index (κ3) is 3.87. The van der Waals surface area contributed by atoms with Gasteiger partial charge in [0.25, 0.3) is 0 Å². The molecule has 2 atom stereocenters. The van der Waals surface area contributed by atoms with E-state index in [1.165, 1.54) is 32.1 Å². The highest BCUT2D eigenvalue weighted by molar-refractivity contribution is 5.80. The van der Waals surface area contributed by atoms with Crippen LogP contribution in [0.25, 0.3) is 0 Å². The predicted octanol–water partition coefficient (Wildman–Crippen LogP) is 1.43. The van der Waals surface area contributed by atoms with Crippen molar-refractivity contribution in [2.45, 2.75) is 51.1 Å². The number of hydrogen-bond donors (Lipinski definition) is 2. The Morgan fingerprint density at radius 3 is 2.56 bits per heavy atom. The zero-order valence-electron chi connectivity index (χ0n) is 12.1. The Bertz CT molecular complexity index is 284. The van der Waals surface area contributed by atoms with Crippen LogP contribution in [0.4, 0.5) is 0 Å². The molecule has 104 valence electrons. The van der Waals surface area contributed by atoms with Gasteiger partial charge in [-0.25, -0.2) is 0 Å². The molecule has 4 nitrogen and oxygen atoms in total. The summed E-state index contributed by atoms with van der Waals surface area (Å²) in [5, 5.41) is 6.87. The highest BCUT2D eigenvalue weighted by atomic mass is 15.2. The van der Waals surface area contributed by atoms with E-state index in [9.17, 15) is 0 Å². The lowest BCUT2D eigenvalue weighted by molar-refractivity contribution is 0.249. The lowest BCUT2D eigenvalue weighted by Gasteiger charge is -2.24. The Balaban J connectivity index is 1.61. The summed E-state index contributed by atoms with van der Waals surface area (Å²) in [6.45, 7) is 4.36. The molecule has 0 radical (unpaired) electrons. The van der Waals surface area contributed by atoms with Crippen molar-refractivity contribution in [1.82, 2.24) is 15.5 Å². The van der Waals surface area contributed by atoms with Gasteiger partial charge in [-0.3, -0.25) is 4.99 Å². The Morgan fingerprint density at radius 2 is 2.00 bits per heavy atom. The van der Waals surface area contributed by atoms with Crippen molar-refractivity contribution in [3.63, 3.8) is 0 Å². The van der Waals surface area contributed by atoms with Gasteiger partial charge in [0.1, 0.15) is 0 Å². The van der Waals surface area contributed by atoms with Crippen LogP contribution in [0.2, 0.25) is 0 Å². The normalized spacial score (nSPS) is 28.8. The second kappa shape index (κ2) is 6.41. The maximum atomic E-state index is 4.27. The molecule has 2 saturated carbocycles. The van der Waals surface area contributed by atoms with E-state index in [-0.39, 0.29) is 0 Å². The summed E-state index contributed by atoms with van der Waals surface area (Å²) < 4.78 is 0. The number of guanidine groups is 1. The van der Waals surface area contributed by atoms with E-state index in [1.807, 2.05) is 7.05 Å². The third-order valence-corrected chi connectivity index (χ3v) is 4.36. The molecule has 0 amide bonds. The maximum Gasteiger partial charge on any atom is 0.191 e. The van der Waals surface area contributed by atoms with Crippen LogP contribution in [-0.4, -0.2) is 50.1 Å². The molecule has 18 heavy (non-hydrogen) atoms. The highest BCUT2D eigenvalue weighted by Gasteiger charge is 2.33. The summed E-state index contributed by atoms with van der Waals surface area (Å²) >= 11 is 0. The molecule has 2 aliphatic carbocycles. The topological polar surface area (TPSA) is 39.7 Å². The van der Waals surface area contributed by atoms with E-state index in [2.05, 4.69) is 34.5 Å². The molecule has 2 N–H and O–H groups in total. The largest absolute Gasteiger partial charge is 0.355 e. The average molecular weight is 252 g/mol. The van der Waals surface area contributed by atoms with Gasteiger partial charge in [-0.05, 0) is 32.2 Å². The first-order chi connectivity index (χ1) is 8.70. The van der Waals surface area contributed by atoms with E-state index < -0.39 is 0 Å². The molecule has 0 heterocycles. The average Bonchev–Trinajstić information content (AvgIpc) is 2.86. The predicted molar refractivity (Wildman–Crippen MR) is 77.0 cm³/mol. The van der Waals surface area contributed by atoms with Crippen LogP contribution in [0.5, 0.6) is 0 Å². The van der Waals surface area contributed by atoms with Crippen LogP contribution >= 0.6 is 0 Å². The molecule has 0 aliphatic heterocycles. The molecule has 0 bridgehead atoms. The molecule has 2 unspecified atom stereocenters. The van der Waals surface area contributed by atoms with E-state index in [0.717, 1.165) is 31.0 Å². The molecular weight excluding hydrogens is 224 g/mol. The number of aliphatic imine (C=N–C) groups is 1. The molecule has 2 fully saturated rings. The molecule has 2 aliphatic rings. The summed E-state index contributed by atoms with van der Waals surface area (Å²) in [6.07, 6.45) is 6.85. The zero-order chi connectivity index (χ0) is 13.0. The van der Waals surface area contributed by atoms with Crippen molar-refractivity contribution < 1.29 is 0 Å². The van der Waals surface area contributed by atoms with Crippen LogP contribution in [0.3, 0.4) is 0 Å². The monoisotopic (exact) mass is 252 g/mol. The molecule has 0 spiro atoms. The minimum Gasteiger partial charge on any atom is -0.355 e. The lowest BCUT2D eigenvalue weighted by atomic mass is 10.2. The zero-order valence-corrected chi connectivity index (χ0v) is 12.1. The SMILES string of the molecule is CN=C(NCCN(C)C1CCCC1)NC1CC1C. The van der Waals surface area contributed by atoms with Gasteiger partial charge >= 0.3 is 0 Å². The fourth-order valence-electron chi connectivity index (χ4n) is 2.77. The Kier molecular flexibility index (Phi) is 4.87. The number of hydrogen-bond acceptors (Lipinski definition) is 2. The van der Waals surface area contributed by atoms with Gasteiger partial charge < -0.3 is 15.5 Å². The van der Waals surface area contributed by atoms with Gasteiger partial charge in [0.2, 0.25) is 0 Å². The van der Waals surface area contributed by atoms with Crippen molar-refractivity contribution in [3.05, 3.63) is 0 Å². The van der Waals surface area contributed by atoms with E-state index >= 15 is 0 Å². The van der Waals surface area contributed by atoms with Gasteiger partial charge in [-0.1, -0.05) is 19.8 Å². The molecule has 0 aromatic carbocycles. The molecule has 0 aromatic heterocycles. The highest BCUT2D eigenvalue weighted by Crippen LogP contribution is 2.28. The van der Waals surface area contributed by atoms with Gasteiger partial charge in [0, 0.05) is 32.2 Å². The van der Waals surface area contributed by atoms with Gasteiger partial charge in [0.15, 0.2) is 5.96 Å². The van der Waals surface area contributed by atoms with Crippen molar-refractivity contribution >= 4 is 5.96 Å². The smallest absolute Gasteiger partial charge is 0.191 e. The number of likely N-dealkylation sites (N-methyl/N-ethyl adjacent to an activating group) is 1. The van der Waals surface area contributed by atoms with Gasteiger partial charge in [-0.15, -0.1) is 0 Å². The Morgan fingerprint density at radius 1 is 1.33 bits per heavy atom. The van der Waals surface area contributed by atoms with E-state index in [1.54, 1.807) is 0 Å². The first kappa shape index (κ1) is 13.7. The minimum absolute atomic E-state index is 0.642. The van der Waals surface area contributed by atoms with Crippen LogP contribution in [0, 0.1) is 5.92 Å². The summed E-state index contributed by atoms with van der Waals surface area (Å²) in [5.41, 5.74) is 0. The first-order valence-electron chi connectivity index (χ1n) is 7.38. The molecular formula is C14H28N4. The van der Waals surface area contributed by atoms with Crippen molar-refractivity contribution in [2.24, 2.45) is 10.9 Å². The van der Waals surface area contributed by atoms with E-state index in [4.69, 9.17) is 0 Å². The first-order valence-corrected chi connectivity index (χ1v) is 7.38. The summed E-state index contributed by atoms with van der Waals surface area (Å²) in [4.78, 5) is 6.77. The molecule has 4 heteroatoms. The van der Waals surface area contributed by atoms with Crippen LogP contribution in [0.1, 0.15) is 39.0 Å². The van der Waals surface area contributed by atoms with Crippen molar-refractivity contribution in [3.8, 4) is 0 Å². The minimum atomic E-state index is 0.642. The lowest BCUT2D eigenvalue weighted by Crippen LogP contribution is -2.43. The van der Waals surface area contributed by atoms with Gasteiger partial charge in [0.05, 0.1) is 0 Å². The second-order valence-corrected chi connectivity index (χ2v) is 5.88. The van der Waals surface area contributed by atoms with Crippen molar-refractivity contribution in [1.29, 1.82) is 0 Å². The number of nitrogens with zero attached hydrogens (tertiary/aromatic N) is 2. The van der Waals surface area contributed by atoms with Gasteiger partial charge in [-0.2, -0.15) is 0 Å². The fourth-order valence-corrected chi connectivity index (χ4v) is 2.77. The fraction of sp³-hybridized carbons (Fsp3) is 0.929. The maximum absolute atomic E-state index is 4.27. The second-order valence-electron chi connectivity index (χ2n) is 5.88. The van der Waals surface area contributed by atoms with E-state index in [0.29, 0.717) is 6.04 Å².